The number of carbonyl (C=O) groups is 1. The maximum atomic E-state index is 13.0. The molecule has 2 aromatic rings. The molecule has 0 saturated heterocycles. The average Bonchev–Trinajstić information content (AvgIpc) is 2.50. The number of hydrogen-bond donors (Lipinski definition) is 1. The highest BCUT2D eigenvalue weighted by atomic mass is 35.5. The standard InChI is InChI=1S/C16H13ClF3NO/c17-12-5-3-10(4-6-12)2-1-7-21-16(22)11-8-13(18)15(20)14(19)9-11/h3-6,8-9H,1-2,7H2,(H,21,22). The van der Waals surface area contributed by atoms with Gasteiger partial charge in [0.2, 0.25) is 0 Å². The number of carbonyl (C=O) groups excluding carboxylic acids is 1. The third-order valence-electron chi connectivity index (χ3n) is 3.09. The smallest absolute Gasteiger partial charge is 0.251 e. The van der Waals surface area contributed by atoms with E-state index in [1.54, 1.807) is 12.1 Å². The molecule has 0 atom stereocenters. The largest absolute Gasteiger partial charge is 0.352 e. The fourth-order valence-corrected chi connectivity index (χ4v) is 2.06. The quantitative estimate of drug-likeness (QED) is 0.649. The predicted molar refractivity (Wildman–Crippen MR) is 78.4 cm³/mol. The summed E-state index contributed by atoms with van der Waals surface area (Å²) < 4.78 is 38.9. The number of halogens is 4. The zero-order valence-corrected chi connectivity index (χ0v) is 12.3. The summed E-state index contributed by atoms with van der Waals surface area (Å²) in [6.45, 7) is 0.335. The maximum Gasteiger partial charge on any atom is 0.251 e. The summed E-state index contributed by atoms with van der Waals surface area (Å²) in [6.07, 6.45) is 1.38. The molecule has 1 amide bonds. The molecule has 6 heteroatoms. The van der Waals surface area contributed by atoms with Gasteiger partial charge in [0.1, 0.15) is 0 Å². The molecule has 0 fully saturated rings. The number of rotatable bonds is 5. The number of nitrogens with one attached hydrogen (secondary N) is 1. The van der Waals surface area contributed by atoms with Crippen molar-refractivity contribution in [2.45, 2.75) is 12.8 Å². The zero-order valence-electron chi connectivity index (χ0n) is 11.5. The van der Waals surface area contributed by atoms with Crippen molar-refractivity contribution in [3.8, 4) is 0 Å². The molecule has 0 spiro atoms. The van der Waals surface area contributed by atoms with E-state index in [0.29, 0.717) is 30.1 Å². The van der Waals surface area contributed by atoms with Gasteiger partial charge in [-0.25, -0.2) is 13.2 Å². The first-order valence-corrected chi connectivity index (χ1v) is 7.02. The van der Waals surface area contributed by atoms with Gasteiger partial charge in [0, 0.05) is 17.1 Å². The van der Waals surface area contributed by atoms with Gasteiger partial charge in [0.05, 0.1) is 0 Å². The molecular formula is C16H13ClF3NO. The Morgan fingerprint density at radius 1 is 1.05 bits per heavy atom. The predicted octanol–water partition coefficient (Wildman–Crippen LogP) is 4.12. The maximum absolute atomic E-state index is 13.0. The Morgan fingerprint density at radius 2 is 1.64 bits per heavy atom. The summed E-state index contributed by atoms with van der Waals surface area (Å²) in [6, 6.07) is 8.67. The van der Waals surface area contributed by atoms with Crippen LogP contribution in [0.5, 0.6) is 0 Å². The molecule has 0 bridgehead atoms. The molecule has 116 valence electrons. The van der Waals surface area contributed by atoms with E-state index in [9.17, 15) is 18.0 Å². The van der Waals surface area contributed by atoms with Crippen molar-refractivity contribution in [3.63, 3.8) is 0 Å². The van der Waals surface area contributed by atoms with E-state index in [1.807, 2.05) is 12.1 Å². The van der Waals surface area contributed by atoms with Gasteiger partial charge in [-0.15, -0.1) is 0 Å². The highest BCUT2D eigenvalue weighted by Crippen LogP contribution is 2.14. The topological polar surface area (TPSA) is 29.1 Å². The fourth-order valence-electron chi connectivity index (χ4n) is 1.93. The molecular weight excluding hydrogens is 315 g/mol. The van der Waals surface area contributed by atoms with Crippen molar-refractivity contribution in [1.29, 1.82) is 0 Å². The van der Waals surface area contributed by atoms with Gasteiger partial charge >= 0.3 is 0 Å². The molecule has 2 rings (SSSR count). The van der Waals surface area contributed by atoms with E-state index in [2.05, 4.69) is 5.32 Å². The molecule has 0 aliphatic carbocycles. The molecule has 0 aliphatic heterocycles. The molecule has 2 nitrogen and oxygen atoms in total. The molecule has 2 aromatic carbocycles. The van der Waals surface area contributed by atoms with Crippen molar-refractivity contribution in [2.75, 3.05) is 6.54 Å². The summed E-state index contributed by atoms with van der Waals surface area (Å²) in [5.74, 6) is -4.99. The van der Waals surface area contributed by atoms with E-state index >= 15 is 0 Å². The molecule has 1 N–H and O–H groups in total. The van der Waals surface area contributed by atoms with Crippen LogP contribution in [0.1, 0.15) is 22.3 Å². The van der Waals surface area contributed by atoms with Crippen LogP contribution in [0.4, 0.5) is 13.2 Å². The van der Waals surface area contributed by atoms with Crippen LogP contribution in [0.15, 0.2) is 36.4 Å². The van der Waals surface area contributed by atoms with Gasteiger partial charge in [-0.3, -0.25) is 4.79 Å². The molecule has 22 heavy (non-hydrogen) atoms. The summed E-state index contributed by atoms with van der Waals surface area (Å²) in [5, 5.41) is 3.18. The first kappa shape index (κ1) is 16.4. The monoisotopic (exact) mass is 327 g/mol. The van der Waals surface area contributed by atoms with Gasteiger partial charge in [0.15, 0.2) is 17.5 Å². The lowest BCUT2D eigenvalue weighted by Gasteiger charge is -2.06. The van der Waals surface area contributed by atoms with Crippen molar-refractivity contribution in [1.82, 2.24) is 5.32 Å². The van der Waals surface area contributed by atoms with Crippen LogP contribution in [0.2, 0.25) is 5.02 Å². The Labute approximate surface area is 130 Å². The van der Waals surface area contributed by atoms with Crippen LogP contribution >= 0.6 is 11.6 Å². The van der Waals surface area contributed by atoms with Crippen LogP contribution in [-0.2, 0) is 6.42 Å². The number of amides is 1. The lowest BCUT2D eigenvalue weighted by Crippen LogP contribution is -2.25. The number of benzene rings is 2. The van der Waals surface area contributed by atoms with Gasteiger partial charge in [-0.2, -0.15) is 0 Å². The third kappa shape index (κ3) is 4.24. The Kier molecular flexibility index (Phi) is 5.44. The Bertz CT molecular complexity index is 651. The Hall–Kier alpha value is -2.01. The summed E-state index contributed by atoms with van der Waals surface area (Å²) in [7, 11) is 0. The highest BCUT2D eigenvalue weighted by Gasteiger charge is 2.14. The molecule has 0 aromatic heterocycles. The minimum Gasteiger partial charge on any atom is -0.352 e. The molecule has 0 heterocycles. The van der Waals surface area contributed by atoms with Crippen LogP contribution in [0, 0.1) is 17.5 Å². The minimum atomic E-state index is -1.58. The first-order chi connectivity index (χ1) is 10.5. The molecule has 0 saturated carbocycles. The first-order valence-electron chi connectivity index (χ1n) is 6.64. The van der Waals surface area contributed by atoms with Crippen LogP contribution < -0.4 is 5.32 Å². The molecule has 0 aliphatic rings. The summed E-state index contributed by atoms with van der Waals surface area (Å²) in [5.41, 5.74) is 0.820. The van der Waals surface area contributed by atoms with E-state index in [1.165, 1.54) is 0 Å². The van der Waals surface area contributed by atoms with Crippen molar-refractivity contribution < 1.29 is 18.0 Å². The number of aryl methyl sites for hydroxylation is 1. The van der Waals surface area contributed by atoms with Gasteiger partial charge in [-0.05, 0) is 42.7 Å². The van der Waals surface area contributed by atoms with Gasteiger partial charge in [-0.1, -0.05) is 23.7 Å². The summed E-state index contributed by atoms with van der Waals surface area (Å²) in [4.78, 5) is 11.7. The molecule has 0 unspecified atom stereocenters. The third-order valence-corrected chi connectivity index (χ3v) is 3.34. The van der Waals surface area contributed by atoms with Crippen LogP contribution in [-0.4, -0.2) is 12.5 Å². The highest BCUT2D eigenvalue weighted by molar-refractivity contribution is 6.30. The second-order valence-corrected chi connectivity index (χ2v) is 5.18. The van der Waals surface area contributed by atoms with Crippen LogP contribution in [0.3, 0.4) is 0 Å². The van der Waals surface area contributed by atoms with Gasteiger partial charge in [0.25, 0.3) is 5.91 Å². The molecule has 0 radical (unpaired) electrons. The van der Waals surface area contributed by atoms with E-state index in [4.69, 9.17) is 11.6 Å². The zero-order chi connectivity index (χ0) is 16.1. The van der Waals surface area contributed by atoms with E-state index < -0.39 is 23.4 Å². The summed E-state index contributed by atoms with van der Waals surface area (Å²) >= 11 is 5.77. The van der Waals surface area contributed by atoms with Crippen LogP contribution in [0.25, 0.3) is 0 Å². The lowest BCUT2D eigenvalue weighted by molar-refractivity contribution is 0.0952. The van der Waals surface area contributed by atoms with Gasteiger partial charge < -0.3 is 5.32 Å². The van der Waals surface area contributed by atoms with Crippen molar-refractivity contribution in [2.24, 2.45) is 0 Å². The van der Waals surface area contributed by atoms with E-state index in [-0.39, 0.29) is 5.56 Å². The normalized spacial score (nSPS) is 10.5. The second kappa shape index (κ2) is 7.31. The average molecular weight is 328 g/mol. The lowest BCUT2D eigenvalue weighted by atomic mass is 10.1. The fraction of sp³-hybridized carbons (Fsp3) is 0.188. The second-order valence-electron chi connectivity index (χ2n) is 4.74. The Balaban J connectivity index is 1.84. The van der Waals surface area contributed by atoms with Crippen molar-refractivity contribution in [3.05, 3.63) is 70.0 Å². The Morgan fingerprint density at radius 3 is 2.23 bits per heavy atom. The van der Waals surface area contributed by atoms with E-state index in [0.717, 1.165) is 12.0 Å². The minimum absolute atomic E-state index is 0.247. The number of hydrogen-bond acceptors (Lipinski definition) is 1. The van der Waals surface area contributed by atoms with Crippen molar-refractivity contribution >= 4 is 17.5 Å². The SMILES string of the molecule is O=C(NCCCc1ccc(Cl)cc1)c1cc(F)c(F)c(F)c1.